The summed E-state index contributed by atoms with van der Waals surface area (Å²) in [5.41, 5.74) is 3.55. The third kappa shape index (κ3) is 2.65. The van der Waals surface area contributed by atoms with Crippen LogP contribution in [0.5, 0.6) is 0 Å². The maximum absolute atomic E-state index is 5.54. The minimum absolute atomic E-state index is 0.328. The van der Waals surface area contributed by atoms with Gasteiger partial charge in [-0.15, -0.1) is 0 Å². The van der Waals surface area contributed by atoms with E-state index < -0.39 is 0 Å². The molecule has 1 saturated carbocycles. The minimum atomic E-state index is 0.328. The number of fused-ring (bicyclic) bond motifs is 2. The number of anilines is 3. The molecule has 26 heavy (non-hydrogen) atoms. The lowest BCUT2D eigenvalue weighted by Gasteiger charge is -2.10. The van der Waals surface area contributed by atoms with E-state index >= 15 is 0 Å². The summed E-state index contributed by atoms with van der Waals surface area (Å²) in [5.74, 6) is 1.30. The topological polar surface area (TPSA) is 80.8 Å². The minimum Gasteiger partial charge on any atom is -0.459 e. The van der Waals surface area contributed by atoms with Crippen LogP contribution in [0, 0.1) is 0 Å². The highest BCUT2D eigenvalue weighted by Gasteiger charge is 2.23. The summed E-state index contributed by atoms with van der Waals surface area (Å²) >= 11 is 0. The quantitative estimate of drug-likeness (QED) is 0.554. The normalized spacial score (nSPS) is 14.4. The molecular weight excluding hydrogens is 328 g/mol. The van der Waals surface area contributed by atoms with Crippen LogP contribution in [-0.2, 0) is 0 Å². The third-order valence-corrected chi connectivity index (χ3v) is 4.56. The van der Waals surface area contributed by atoms with E-state index in [1.165, 1.54) is 12.8 Å². The molecule has 0 saturated heterocycles. The molecule has 1 fully saturated rings. The molecule has 132 valence electrons. The smallest absolute Gasteiger partial charge is 0.229 e. The van der Waals surface area contributed by atoms with Crippen LogP contribution >= 0.6 is 0 Å². The molecule has 0 spiro atoms. The largest absolute Gasteiger partial charge is 0.459 e. The Bertz CT molecular complexity index is 1090. The molecule has 0 amide bonds. The van der Waals surface area contributed by atoms with Crippen molar-refractivity contribution in [2.45, 2.75) is 38.8 Å². The van der Waals surface area contributed by atoms with Crippen molar-refractivity contribution in [3.8, 4) is 0 Å². The van der Waals surface area contributed by atoms with E-state index in [9.17, 15) is 0 Å². The molecule has 1 aromatic carbocycles. The lowest BCUT2D eigenvalue weighted by atomic mass is 10.2. The van der Waals surface area contributed by atoms with Gasteiger partial charge in [-0.05, 0) is 44.9 Å². The van der Waals surface area contributed by atoms with Gasteiger partial charge in [0.05, 0.1) is 18.0 Å². The lowest BCUT2D eigenvalue weighted by Crippen LogP contribution is -2.06. The van der Waals surface area contributed by atoms with Gasteiger partial charge < -0.3 is 15.1 Å². The van der Waals surface area contributed by atoms with E-state index in [1.807, 2.05) is 23.0 Å². The molecule has 0 bridgehead atoms. The monoisotopic (exact) mass is 348 g/mol. The van der Waals surface area contributed by atoms with Gasteiger partial charge in [-0.25, -0.2) is 4.98 Å². The van der Waals surface area contributed by atoms with Gasteiger partial charge in [-0.1, -0.05) is 0 Å². The SMILES string of the molecule is CC(C)n1ncc2cc(Nc3nc(NC4CC4)c4occc4n3)ccc21. The first-order chi connectivity index (χ1) is 12.7. The summed E-state index contributed by atoms with van der Waals surface area (Å²) in [5, 5.41) is 12.3. The predicted molar refractivity (Wildman–Crippen MR) is 102 cm³/mol. The van der Waals surface area contributed by atoms with Crippen LogP contribution in [0.25, 0.3) is 22.0 Å². The number of nitrogens with one attached hydrogen (secondary N) is 2. The standard InChI is InChI=1S/C19H20N6O/c1-11(2)25-16-6-5-14(9-12(16)10-20-25)22-19-23-15-7-8-26-17(15)18(24-19)21-13-3-4-13/h5-11,13H,3-4H2,1-2H3,(H2,21,22,23,24). The Morgan fingerprint density at radius 3 is 2.88 bits per heavy atom. The molecule has 0 unspecified atom stereocenters. The van der Waals surface area contributed by atoms with E-state index in [0.29, 0.717) is 23.6 Å². The van der Waals surface area contributed by atoms with Crippen molar-refractivity contribution in [2.75, 3.05) is 10.6 Å². The number of nitrogens with zero attached hydrogens (tertiary/aromatic N) is 4. The highest BCUT2D eigenvalue weighted by Crippen LogP contribution is 2.30. The van der Waals surface area contributed by atoms with Gasteiger partial charge in [0.15, 0.2) is 11.4 Å². The maximum atomic E-state index is 5.54. The van der Waals surface area contributed by atoms with Crippen LogP contribution in [0.4, 0.5) is 17.5 Å². The second-order valence-corrected chi connectivity index (χ2v) is 7.03. The van der Waals surface area contributed by atoms with Crippen LogP contribution in [0.15, 0.2) is 41.1 Å². The number of hydrogen-bond acceptors (Lipinski definition) is 6. The average Bonchev–Trinajstić information content (AvgIpc) is 3.14. The first-order valence-electron chi connectivity index (χ1n) is 8.93. The highest BCUT2D eigenvalue weighted by molar-refractivity contribution is 5.86. The molecule has 1 aliphatic rings. The van der Waals surface area contributed by atoms with Crippen molar-refractivity contribution in [2.24, 2.45) is 0 Å². The molecule has 0 radical (unpaired) electrons. The van der Waals surface area contributed by atoms with Crippen molar-refractivity contribution in [3.05, 3.63) is 36.7 Å². The first kappa shape index (κ1) is 15.2. The fourth-order valence-corrected chi connectivity index (χ4v) is 3.11. The van der Waals surface area contributed by atoms with Gasteiger partial charge in [0.2, 0.25) is 5.95 Å². The molecule has 0 atom stereocenters. The Kier molecular flexibility index (Phi) is 3.34. The molecule has 5 rings (SSSR count). The van der Waals surface area contributed by atoms with E-state index in [2.05, 4.69) is 51.7 Å². The molecule has 4 aromatic rings. The van der Waals surface area contributed by atoms with Gasteiger partial charge in [-0.3, -0.25) is 4.68 Å². The fraction of sp³-hybridized carbons (Fsp3) is 0.316. The van der Waals surface area contributed by atoms with Crippen molar-refractivity contribution in [1.29, 1.82) is 0 Å². The van der Waals surface area contributed by atoms with Crippen molar-refractivity contribution < 1.29 is 4.42 Å². The summed E-state index contributed by atoms with van der Waals surface area (Å²) in [6, 6.07) is 8.84. The number of aromatic nitrogens is 4. The van der Waals surface area contributed by atoms with E-state index in [4.69, 9.17) is 4.42 Å². The fourth-order valence-electron chi connectivity index (χ4n) is 3.11. The second-order valence-electron chi connectivity index (χ2n) is 7.03. The third-order valence-electron chi connectivity index (χ3n) is 4.56. The van der Waals surface area contributed by atoms with E-state index in [1.54, 1.807) is 6.26 Å². The van der Waals surface area contributed by atoms with Crippen LogP contribution in [0.2, 0.25) is 0 Å². The Labute approximate surface area is 150 Å². The summed E-state index contributed by atoms with van der Waals surface area (Å²) in [6.07, 6.45) is 5.88. The second kappa shape index (κ2) is 5.72. The van der Waals surface area contributed by atoms with Gasteiger partial charge >= 0.3 is 0 Å². The van der Waals surface area contributed by atoms with Crippen LogP contribution < -0.4 is 10.6 Å². The molecule has 0 aliphatic heterocycles. The Hall–Kier alpha value is -3.09. The average molecular weight is 348 g/mol. The predicted octanol–water partition coefficient (Wildman–Crippen LogP) is 4.47. The first-order valence-corrected chi connectivity index (χ1v) is 8.93. The summed E-state index contributed by atoms with van der Waals surface area (Å²) < 4.78 is 7.56. The van der Waals surface area contributed by atoms with Gasteiger partial charge in [0, 0.05) is 29.2 Å². The number of benzene rings is 1. The Morgan fingerprint density at radius 2 is 2.08 bits per heavy atom. The zero-order chi connectivity index (χ0) is 17.7. The summed E-state index contributed by atoms with van der Waals surface area (Å²) in [7, 11) is 0. The molecule has 3 heterocycles. The molecule has 7 nitrogen and oxygen atoms in total. The van der Waals surface area contributed by atoms with E-state index in [-0.39, 0.29) is 0 Å². The summed E-state index contributed by atoms with van der Waals surface area (Å²) in [6.45, 7) is 4.25. The zero-order valence-electron chi connectivity index (χ0n) is 14.7. The number of rotatable bonds is 5. The van der Waals surface area contributed by atoms with Crippen molar-refractivity contribution in [3.63, 3.8) is 0 Å². The highest BCUT2D eigenvalue weighted by atomic mass is 16.3. The summed E-state index contributed by atoms with van der Waals surface area (Å²) in [4.78, 5) is 9.17. The van der Waals surface area contributed by atoms with Gasteiger partial charge in [-0.2, -0.15) is 10.1 Å². The van der Waals surface area contributed by atoms with Gasteiger partial charge in [0.1, 0.15) is 5.52 Å². The molecule has 2 N–H and O–H groups in total. The van der Waals surface area contributed by atoms with Crippen LogP contribution in [0.1, 0.15) is 32.7 Å². The Balaban J connectivity index is 1.49. The molecule has 7 heteroatoms. The Morgan fingerprint density at radius 1 is 1.19 bits per heavy atom. The zero-order valence-corrected chi connectivity index (χ0v) is 14.7. The molecule has 3 aromatic heterocycles. The van der Waals surface area contributed by atoms with Gasteiger partial charge in [0.25, 0.3) is 0 Å². The molecule has 1 aliphatic carbocycles. The van der Waals surface area contributed by atoms with Crippen molar-refractivity contribution >= 4 is 39.5 Å². The lowest BCUT2D eigenvalue weighted by molar-refractivity contribution is 0.551. The molecular formula is C19H20N6O. The van der Waals surface area contributed by atoms with Crippen molar-refractivity contribution in [1.82, 2.24) is 19.7 Å². The van der Waals surface area contributed by atoms with E-state index in [0.717, 1.165) is 27.9 Å². The van der Waals surface area contributed by atoms with Crippen LogP contribution in [0.3, 0.4) is 0 Å². The number of hydrogen-bond donors (Lipinski definition) is 2. The van der Waals surface area contributed by atoms with Crippen LogP contribution in [-0.4, -0.2) is 25.8 Å². The number of furan rings is 1. The maximum Gasteiger partial charge on any atom is 0.229 e.